The summed E-state index contributed by atoms with van der Waals surface area (Å²) in [5.74, 6) is 1.09. The zero-order chi connectivity index (χ0) is 22.2. The van der Waals surface area contributed by atoms with Crippen molar-refractivity contribution in [3.05, 3.63) is 69.3 Å². The first-order chi connectivity index (χ1) is 16.3. The second-order valence-electron chi connectivity index (χ2n) is 7.93. The minimum atomic E-state index is -0.0520. The van der Waals surface area contributed by atoms with Gasteiger partial charge in [0, 0.05) is 35.3 Å². The second-order valence-corrected chi connectivity index (χ2v) is 10.8. The van der Waals surface area contributed by atoms with E-state index in [-0.39, 0.29) is 17.7 Å². The third-order valence-electron chi connectivity index (χ3n) is 5.68. The Labute approximate surface area is 203 Å². The van der Waals surface area contributed by atoms with Gasteiger partial charge < -0.3 is 0 Å². The SMILES string of the molecule is O=C(CSc1nnc(-c2ccncc2)n1C1CC1)N1N=C(c2cccs2)CC1c1cccs1. The summed E-state index contributed by atoms with van der Waals surface area (Å²) in [6.45, 7) is 0. The number of thioether (sulfide) groups is 1. The van der Waals surface area contributed by atoms with E-state index in [4.69, 9.17) is 5.10 Å². The van der Waals surface area contributed by atoms with Crippen molar-refractivity contribution >= 4 is 46.1 Å². The Hall–Kier alpha value is -2.82. The number of hydrogen-bond acceptors (Lipinski definition) is 8. The summed E-state index contributed by atoms with van der Waals surface area (Å²) in [5.41, 5.74) is 1.97. The molecule has 4 aromatic heterocycles. The largest absolute Gasteiger partial charge is 0.299 e. The molecule has 1 unspecified atom stereocenters. The maximum absolute atomic E-state index is 13.4. The van der Waals surface area contributed by atoms with Crippen LogP contribution in [0.2, 0.25) is 0 Å². The van der Waals surface area contributed by atoms with E-state index < -0.39 is 0 Å². The van der Waals surface area contributed by atoms with Gasteiger partial charge in [0.1, 0.15) is 0 Å². The van der Waals surface area contributed by atoms with Gasteiger partial charge in [-0.2, -0.15) is 5.10 Å². The predicted molar refractivity (Wildman–Crippen MR) is 132 cm³/mol. The van der Waals surface area contributed by atoms with Crippen LogP contribution in [0.15, 0.2) is 69.8 Å². The van der Waals surface area contributed by atoms with Gasteiger partial charge in [0.05, 0.1) is 22.4 Å². The van der Waals surface area contributed by atoms with Gasteiger partial charge in [-0.3, -0.25) is 14.3 Å². The minimum Gasteiger partial charge on any atom is -0.299 e. The number of rotatable bonds is 7. The van der Waals surface area contributed by atoms with Crippen LogP contribution >= 0.6 is 34.4 Å². The summed E-state index contributed by atoms with van der Waals surface area (Å²) in [7, 11) is 0. The van der Waals surface area contributed by atoms with E-state index >= 15 is 0 Å². The summed E-state index contributed by atoms with van der Waals surface area (Å²) >= 11 is 4.77. The summed E-state index contributed by atoms with van der Waals surface area (Å²) in [6, 6.07) is 12.4. The normalized spacial score (nSPS) is 18.0. The zero-order valence-corrected chi connectivity index (χ0v) is 20.0. The fourth-order valence-electron chi connectivity index (χ4n) is 3.96. The van der Waals surface area contributed by atoms with Gasteiger partial charge in [-0.15, -0.1) is 32.9 Å². The molecule has 10 heteroatoms. The van der Waals surface area contributed by atoms with Crippen molar-refractivity contribution in [1.29, 1.82) is 0 Å². The first-order valence-corrected chi connectivity index (χ1v) is 13.5. The molecule has 33 heavy (non-hydrogen) atoms. The van der Waals surface area contributed by atoms with Crippen LogP contribution in [0.4, 0.5) is 0 Å². The first kappa shape index (κ1) is 20.8. The van der Waals surface area contributed by atoms with Crippen LogP contribution in [-0.4, -0.2) is 42.1 Å². The van der Waals surface area contributed by atoms with Gasteiger partial charge in [0.25, 0.3) is 5.91 Å². The molecule has 166 valence electrons. The number of carbonyl (C=O) groups excluding carboxylic acids is 1. The van der Waals surface area contributed by atoms with Crippen LogP contribution in [0.5, 0.6) is 0 Å². The molecule has 0 aromatic carbocycles. The summed E-state index contributed by atoms with van der Waals surface area (Å²) in [6.07, 6.45) is 6.48. The maximum atomic E-state index is 13.4. The Kier molecular flexibility index (Phi) is 5.57. The van der Waals surface area contributed by atoms with Crippen LogP contribution in [-0.2, 0) is 4.79 Å². The van der Waals surface area contributed by atoms with Crippen LogP contribution < -0.4 is 0 Å². The number of hydrogen-bond donors (Lipinski definition) is 0. The van der Waals surface area contributed by atoms with Gasteiger partial charge in [0.15, 0.2) is 11.0 Å². The zero-order valence-electron chi connectivity index (χ0n) is 17.6. The quantitative estimate of drug-likeness (QED) is 0.329. The van der Waals surface area contributed by atoms with Crippen molar-refractivity contribution in [2.75, 3.05) is 5.75 Å². The maximum Gasteiger partial charge on any atom is 0.253 e. The lowest BCUT2D eigenvalue weighted by Crippen LogP contribution is -2.28. The molecular weight excluding hydrogens is 472 g/mol. The first-order valence-electron chi connectivity index (χ1n) is 10.7. The summed E-state index contributed by atoms with van der Waals surface area (Å²) < 4.78 is 2.17. The highest BCUT2D eigenvalue weighted by molar-refractivity contribution is 7.99. The van der Waals surface area contributed by atoms with E-state index in [9.17, 15) is 4.79 Å². The molecule has 0 N–H and O–H groups in total. The minimum absolute atomic E-state index is 0.0132. The van der Waals surface area contributed by atoms with Crippen LogP contribution in [0.1, 0.15) is 41.1 Å². The monoisotopic (exact) mass is 492 g/mol. The molecule has 6 rings (SSSR count). The highest BCUT2D eigenvalue weighted by atomic mass is 32.2. The standard InChI is InChI=1S/C23H20N6OS3/c30-21(29-18(20-4-2-12-32-20)13-17(27-29)19-3-1-11-31-19)14-33-23-26-25-22(28(23)16-5-6-16)15-7-9-24-10-8-15/h1-4,7-12,16,18H,5-6,13-14H2. The Bertz CT molecular complexity index is 1280. The van der Waals surface area contributed by atoms with Gasteiger partial charge >= 0.3 is 0 Å². The van der Waals surface area contributed by atoms with Crippen molar-refractivity contribution in [2.24, 2.45) is 5.10 Å². The Morgan fingerprint density at radius 1 is 1.06 bits per heavy atom. The topological polar surface area (TPSA) is 76.3 Å². The number of carbonyl (C=O) groups is 1. The number of amides is 1. The Balaban J connectivity index is 1.23. The number of aromatic nitrogens is 4. The highest BCUT2D eigenvalue weighted by Gasteiger charge is 2.35. The van der Waals surface area contributed by atoms with Gasteiger partial charge in [-0.1, -0.05) is 23.9 Å². The lowest BCUT2D eigenvalue weighted by molar-refractivity contribution is -0.130. The fraction of sp³-hybridized carbons (Fsp3) is 0.261. The molecule has 0 spiro atoms. The lowest BCUT2D eigenvalue weighted by atomic mass is 10.1. The van der Waals surface area contributed by atoms with Crippen LogP contribution in [0.3, 0.4) is 0 Å². The van der Waals surface area contributed by atoms with Crippen LogP contribution in [0, 0.1) is 0 Å². The molecule has 1 atom stereocenters. The van der Waals surface area contributed by atoms with Crippen molar-refractivity contribution in [2.45, 2.75) is 36.5 Å². The molecule has 7 nitrogen and oxygen atoms in total. The van der Waals surface area contributed by atoms with Crippen molar-refractivity contribution in [3.8, 4) is 11.4 Å². The number of hydrazone groups is 1. The van der Waals surface area contributed by atoms with Gasteiger partial charge in [-0.05, 0) is 47.9 Å². The Morgan fingerprint density at radius 2 is 1.88 bits per heavy atom. The van der Waals surface area contributed by atoms with E-state index in [1.165, 1.54) is 11.8 Å². The average Bonchev–Trinajstić information content (AvgIpc) is 3.34. The van der Waals surface area contributed by atoms with Crippen molar-refractivity contribution in [3.63, 3.8) is 0 Å². The third kappa shape index (κ3) is 4.14. The molecule has 5 heterocycles. The van der Waals surface area contributed by atoms with E-state index in [1.54, 1.807) is 40.1 Å². The molecule has 0 bridgehead atoms. The van der Waals surface area contributed by atoms with Gasteiger partial charge in [0.2, 0.25) is 0 Å². The molecule has 1 fully saturated rings. The number of thiophene rings is 2. The Morgan fingerprint density at radius 3 is 2.61 bits per heavy atom. The average molecular weight is 493 g/mol. The smallest absolute Gasteiger partial charge is 0.253 e. The summed E-state index contributed by atoms with van der Waals surface area (Å²) in [5, 5.41) is 20.2. The molecule has 1 saturated carbocycles. The fourth-order valence-corrected chi connectivity index (χ4v) is 6.35. The van der Waals surface area contributed by atoms with Crippen molar-refractivity contribution in [1.82, 2.24) is 24.8 Å². The number of nitrogens with zero attached hydrogens (tertiary/aromatic N) is 6. The lowest BCUT2D eigenvalue weighted by Gasteiger charge is -2.20. The third-order valence-corrected chi connectivity index (χ3v) is 8.50. The molecule has 0 radical (unpaired) electrons. The molecular formula is C23H20N6OS3. The van der Waals surface area contributed by atoms with E-state index in [0.29, 0.717) is 6.04 Å². The number of pyridine rings is 1. The summed E-state index contributed by atoms with van der Waals surface area (Å²) in [4.78, 5) is 19.7. The highest BCUT2D eigenvalue weighted by Crippen LogP contribution is 2.41. The predicted octanol–water partition coefficient (Wildman–Crippen LogP) is 5.27. The molecule has 1 aliphatic carbocycles. The van der Waals surface area contributed by atoms with Crippen LogP contribution in [0.25, 0.3) is 11.4 Å². The molecule has 4 aromatic rings. The van der Waals surface area contributed by atoms with Gasteiger partial charge in [-0.25, -0.2) is 5.01 Å². The van der Waals surface area contributed by atoms with E-state index in [2.05, 4.69) is 37.3 Å². The van der Waals surface area contributed by atoms with E-state index in [0.717, 1.165) is 51.3 Å². The molecule has 2 aliphatic rings. The second kappa shape index (κ2) is 8.85. The molecule has 1 amide bonds. The molecule has 1 aliphatic heterocycles. The van der Waals surface area contributed by atoms with Crippen molar-refractivity contribution < 1.29 is 4.79 Å². The molecule has 0 saturated heterocycles. The van der Waals surface area contributed by atoms with E-state index in [1.807, 2.05) is 29.6 Å².